The molecule has 0 radical (unpaired) electrons. The van der Waals surface area contributed by atoms with E-state index >= 15 is 0 Å². The van der Waals surface area contributed by atoms with Gasteiger partial charge in [-0.1, -0.05) is 55.4 Å². The van der Waals surface area contributed by atoms with Gasteiger partial charge in [-0.05, 0) is 50.2 Å². The monoisotopic (exact) mass is 340 g/mol. The second-order valence-electron chi connectivity index (χ2n) is 6.87. The Kier molecular flexibility index (Phi) is 7.27. The first-order chi connectivity index (χ1) is 11.1. The van der Waals surface area contributed by atoms with Crippen molar-refractivity contribution in [1.29, 1.82) is 0 Å². The van der Waals surface area contributed by atoms with E-state index < -0.39 is 18.4 Å². The smallest absolute Gasteiger partial charge is 0.392 e. The van der Waals surface area contributed by atoms with Crippen LogP contribution in [0.2, 0.25) is 0 Å². The molecule has 0 saturated heterocycles. The number of alkyl halides is 3. The third kappa shape index (κ3) is 6.16. The number of rotatable bonds is 5. The van der Waals surface area contributed by atoms with E-state index in [2.05, 4.69) is 26.8 Å². The second-order valence-corrected chi connectivity index (χ2v) is 6.87. The highest BCUT2D eigenvalue weighted by Crippen LogP contribution is 2.40. The van der Waals surface area contributed by atoms with Crippen LogP contribution in [0.1, 0.15) is 47.0 Å². The summed E-state index contributed by atoms with van der Waals surface area (Å²) >= 11 is 0. The van der Waals surface area contributed by atoms with E-state index in [-0.39, 0.29) is 5.41 Å². The van der Waals surface area contributed by atoms with Crippen molar-refractivity contribution in [1.82, 2.24) is 0 Å². The molecule has 0 fully saturated rings. The number of aliphatic hydroxyl groups is 1. The molecule has 0 unspecified atom stereocenters. The third-order valence-corrected chi connectivity index (χ3v) is 4.33. The first kappa shape index (κ1) is 20.5. The fourth-order valence-corrected chi connectivity index (χ4v) is 2.96. The van der Waals surface area contributed by atoms with Gasteiger partial charge >= 0.3 is 6.18 Å². The number of halogens is 3. The average molecular weight is 340 g/mol. The molecule has 1 N–H and O–H groups in total. The molecule has 1 aliphatic carbocycles. The normalized spacial score (nSPS) is 20.5. The van der Waals surface area contributed by atoms with Crippen molar-refractivity contribution >= 4 is 0 Å². The van der Waals surface area contributed by atoms with Crippen molar-refractivity contribution in [2.75, 3.05) is 6.61 Å². The van der Waals surface area contributed by atoms with Crippen molar-refractivity contribution in [3.8, 4) is 0 Å². The van der Waals surface area contributed by atoms with Crippen molar-refractivity contribution in [2.24, 2.45) is 5.41 Å². The zero-order chi connectivity index (χ0) is 18.4. The average Bonchev–Trinajstić information content (AvgIpc) is 2.44. The summed E-state index contributed by atoms with van der Waals surface area (Å²) in [6, 6.07) is 0. The van der Waals surface area contributed by atoms with Gasteiger partial charge in [0.2, 0.25) is 0 Å². The SMILES string of the molecule is CC1=C(/C=C/C(C)=C/C=C/C(=C\CO)C(F)(F)F)C(C)(C)CCC1. The summed E-state index contributed by atoms with van der Waals surface area (Å²) in [4.78, 5) is 0. The summed E-state index contributed by atoms with van der Waals surface area (Å²) in [7, 11) is 0. The Labute approximate surface area is 143 Å². The van der Waals surface area contributed by atoms with Crippen molar-refractivity contribution in [2.45, 2.75) is 53.1 Å². The van der Waals surface area contributed by atoms with Crippen LogP contribution in [0.5, 0.6) is 0 Å². The predicted molar refractivity (Wildman–Crippen MR) is 93.6 cm³/mol. The number of aliphatic hydroxyl groups excluding tert-OH is 1. The molecule has 1 nitrogen and oxygen atoms in total. The van der Waals surface area contributed by atoms with Crippen LogP contribution in [0.3, 0.4) is 0 Å². The number of allylic oxidation sites excluding steroid dienone is 9. The molecule has 1 aliphatic rings. The van der Waals surface area contributed by atoms with E-state index in [1.165, 1.54) is 23.6 Å². The van der Waals surface area contributed by atoms with Gasteiger partial charge in [-0.15, -0.1) is 0 Å². The van der Waals surface area contributed by atoms with Gasteiger partial charge in [-0.2, -0.15) is 13.2 Å². The molecule has 0 heterocycles. The summed E-state index contributed by atoms with van der Waals surface area (Å²) < 4.78 is 38.0. The Balaban J connectivity index is 2.87. The van der Waals surface area contributed by atoms with E-state index in [1.807, 2.05) is 13.0 Å². The molecule has 0 aliphatic heterocycles. The maximum Gasteiger partial charge on any atom is 0.416 e. The molecule has 0 amide bonds. The molecule has 1 rings (SSSR count). The van der Waals surface area contributed by atoms with Gasteiger partial charge in [0.25, 0.3) is 0 Å². The fraction of sp³-hybridized carbons (Fsp3) is 0.500. The molecule has 0 atom stereocenters. The van der Waals surface area contributed by atoms with Crippen LogP contribution in [0.25, 0.3) is 0 Å². The lowest BCUT2D eigenvalue weighted by Crippen LogP contribution is -2.19. The van der Waals surface area contributed by atoms with Gasteiger partial charge in [0.05, 0.1) is 12.2 Å². The summed E-state index contributed by atoms with van der Waals surface area (Å²) in [5.74, 6) is 0. The van der Waals surface area contributed by atoms with Crippen LogP contribution >= 0.6 is 0 Å². The van der Waals surface area contributed by atoms with E-state index in [0.717, 1.165) is 30.6 Å². The quantitative estimate of drug-likeness (QED) is 0.604. The van der Waals surface area contributed by atoms with Crippen molar-refractivity contribution < 1.29 is 18.3 Å². The molecule has 0 aromatic carbocycles. The lowest BCUT2D eigenvalue weighted by atomic mass is 9.72. The summed E-state index contributed by atoms with van der Waals surface area (Å²) in [6.07, 6.45) is 7.76. The molecule has 0 aromatic rings. The number of hydrogen-bond acceptors (Lipinski definition) is 1. The summed E-state index contributed by atoms with van der Waals surface area (Å²) in [5, 5.41) is 8.67. The van der Waals surface area contributed by atoms with Gasteiger partial charge in [-0.3, -0.25) is 0 Å². The molecular weight excluding hydrogens is 313 g/mol. The van der Waals surface area contributed by atoms with Crippen LogP contribution in [0, 0.1) is 5.41 Å². The highest BCUT2D eigenvalue weighted by Gasteiger charge is 2.31. The van der Waals surface area contributed by atoms with Crippen LogP contribution in [-0.2, 0) is 0 Å². The molecule has 0 aromatic heterocycles. The Hall–Kier alpha value is -1.55. The van der Waals surface area contributed by atoms with Crippen molar-refractivity contribution in [3.63, 3.8) is 0 Å². The van der Waals surface area contributed by atoms with E-state index in [9.17, 15) is 13.2 Å². The Morgan fingerprint density at radius 3 is 2.46 bits per heavy atom. The van der Waals surface area contributed by atoms with E-state index in [1.54, 1.807) is 6.08 Å². The van der Waals surface area contributed by atoms with Gasteiger partial charge in [0.1, 0.15) is 0 Å². The van der Waals surface area contributed by atoms with Gasteiger partial charge < -0.3 is 5.11 Å². The maximum absolute atomic E-state index is 12.7. The lowest BCUT2D eigenvalue weighted by molar-refractivity contribution is -0.0886. The zero-order valence-electron chi connectivity index (χ0n) is 14.9. The lowest BCUT2D eigenvalue weighted by Gasteiger charge is -2.32. The van der Waals surface area contributed by atoms with Gasteiger partial charge in [0.15, 0.2) is 0 Å². The van der Waals surface area contributed by atoms with Crippen LogP contribution in [0.4, 0.5) is 13.2 Å². The molecule has 24 heavy (non-hydrogen) atoms. The third-order valence-electron chi connectivity index (χ3n) is 4.33. The molecule has 0 spiro atoms. The molecular formula is C20H27F3O. The van der Waals surface area contributed by atoms with Crippen LogP contribution in [0.15, 0.2) is 58.7 Å². The standard InChI is InChI=1S/C20H27F3O/c1-15(7-5-9-17(12-14-24)20(21,22)23)10-11-18-16(2)8-6-13-19(18,3)4/h5,7,9-12,24H,6,8,13-14H2,1-4H3/b9-5+,11-10+,15-7+,17-12+. The first-order valence-corrected chi connectivity index (χ1v) is 8.19. The number of hydrogen-bond donors (Lipinski definition) is 1. The Bertz CT molecular complexity index is 584. The second kappa shape index (κ2) is 8.52. The molecule has 0 bridgehead atoms. The predicted octanol–water partition coefficient (Wildman–Crippen LogP) is 6.05. The van der Waals surface area contributed by atoms with Crippen molar-refractivity contribution in [3.05, 3.63) is 58.7 Å². The van der Waals surface area contributed by atoms with E-state index in [4.69, 9.17) is 5.11 Å². The topological polar surface area (TPSA) is 20.2 Å². The zero-order valence-corrected chi connectivity index (χ0v) is 14.9. The van der Waals surface area contributed by atoms with Crippen LogP contribution in [-0.4, -0.2) is 17.9 Å². The molecule has 134 valence electrons. The van der Waals surface area contributed by atoms with Crippen LogP contribution < -0.4 is 0 Å². The molecule has 4 heteroatoms. The fourth-order valence-electron chi connectivity index (χ4n) is 2.96. The van der Waals surface area contributed by atoms with Gasteiger partial charge in [0, 0.05) is 0 Å². The molecule has 0 saturated carbocycles. The van der Waals surface area contributed by atoms with Gasteiger partial charge in [-0.25, -0.2) is 0 Å². The minimum absolute atomic E-state index is 0.141. The largest absolute Gasteiger partial charge is 0.416 e. The summed E-state index contributed by atoms with van der Waals surface area (Å²) in [6.45, 7) is 7.82. The Morgan fingerprint density at radius 2 is 1.92 bits per heavy atom. The minimum Gasteiger partial charge on any atom is -0.392 e. The summed E-state index contributed by atoms with van der Waals surface area (Å²) in [5.41, 5.74) is 2.88. The highest BCUT2D eigenvalue weighted by atomic mass is 19.4. The Morgan fingerprint density at radius 1 is 1.25 bits per heavy atom. The minimum atomic E-state index is -4.45. The first-order valence-electron chi connectivity index (χ1n) is 8.19. The highest BCUT2D eigenvalue weighted by molar-refractivity contribution is 5.37. The van der Waals surface area contributed by atoms with E-state index in [0.29, 0.717) is 0 Å². The maximum atomic E-state index is 12.7.